The Balaban J connectivity index is 1.36. The SMILES string of the molecule is Cc1nc(CN2CCN(c3ncnc4sc5c(c34)CCCC5)CC2)no1. The van der Waals surface area contributed by atoms with Crippen molar-refractivity contribution in [3.8, 4) is 0 Å². The second kappa shape index (κ2) is 6.59. The molecule has 136 valence electrons. The molecule has 8 heteroatoms. The first-order chi connectivity index (χ1) is 12.8. The Bertz CT molecular complexity index is 927. The molecule has 2 aliphatic rings. The molecule has 0 aromatic carbocycles. The largest absolute Gasteiger partial charge is 0.353 e. The third-order valence-corrected chi connectivity index (χ3v) is 6.54. The van der Waals surface area contributed by atoms with Gasteiger partial charge in [0.1, 0.15) is 17.0 Å². The molecule has 3 aromatic rings. The summed E-state index contributed by atoms with van der Waals surface area (Å²) in [5.74, 6) is 2.53. The van der Waals surface area contributed by atoms with Crippen molar-refractivity contribution < 1.29 is 4.52 Å². The maximum Gasteiger partial charge on any atom is 0.223 e. The molecule has 0 amide bonds. The molecule has 7 nitrogen and oxygen atoms in total. The van der Waals surface area contributed by atoms with E-state index in [0.717, 1.165) is 49.2 Å². The van der Waals surface area contributed by atoms with Gasteiger partial charge in [-0.25, -0.2) is 9.97 Å². The monoisotopic (exact) mass is 370 g/mol. The van der Waals surface area contributed by atoms with Crippen LogP contribution >= 0.6 is 11.3 Å². The Morgan fingerprint density at radius 1 is 1.12 bits per heavy atom. The topological polar surface area (TPSA) is 71.2 Å². The Morgan fingerprint density at radius 3 is 2.77 bits per heavy atom. The molecule has 4 heterocycles. The first-order valence-corrected chi connectivity index (χ1v) is 10.1. The number of anilines is 1. The summed E-state index contributed by atoms with van der Waals surface area (Å²) >= 11 is 1.87. The fourth-order valence-corrected chi connectivity index (χ4v) is 5.26. The Morgan fingerprint density at radius 2 is 1.96 bits per heavy atom. The van der Waals surface area contributed by atoms with Crippen LogP contribution in [0.15, 0.2) is 10.9 Å². The van der Waals surface area contributed by atoms with Crippen molar-refractivity contribution in [1.82, 2.24) is 25.0 Å². The zero-order valence-corrected chi connectivity index (χ0v) is 15.8. The van der Waals surface area contributed by atoms with E-state index in [9.17, 15) is 0 Å². The van der Waals surface area contributed by atoms with Gasteiger partial charge in [-0.05, 0) is 31.2 Å². The van der Waals surface area contributed by atoms with Gasteiger partial charge in [-0.3, -0.25) is 4.90 Å². The summed E-state index contributed by atoms with van der Waals surface area (Å²) in [6.07, 6.45) is 6.69. The maximum absolute atomic E-state index is 5.07. The van der Waals surface area contributed by atoms with Crippen LogP contribution in [0, 0.1) is 6.92 Å². The normalized spacial score (nSPS) is 18.4. The van der Waals surface area contributed by atoms with E-state index < -0.39 is 0 Å². The highest BCUT2D eigenvalue weighted by Gasteiger charge is 2.25. The highest BCUT2D eigenvalue weighted by molar-refractivity contribution is 7.19. The maximum atomic E-state index is 5.07. The molecule has 26 heavy (non-hydrogen) atoms. The summed E-state index contributed by atoms with van der Waals surface area (Å²) in [5.41, 5.74) is 1.51. The van der Waals surface area contributed by atoms with Crippen LogP contribution in [-0.2, 0) is 19.4 Å². The van der Waals surface area contributed by atoms with Crippen LogP contribution in [0.1, 0.15) is 35.0 Å². The van der Waals surface area contributed by atoms with E-state index in [-0.39, 0.29) is 0 Å². The van der Waals surface area contributed by atoms with Crippen LogP contribution in [0.2, 0.25) is 0 Å². The van der Waals surface area contributed by atoms with Gasteiger partial charge in [0, 0.05) is 38.0 Å². The third-order valence-electron chi connectivity index (χ3n) is 5.34. The third kappa shape index (κ3) is 2.87. The van der Waals surface area contributed by atoms with Gasteiger partial charge in [0.15, 0.2) is 5.82 Å². The summed E-state index contributed by atoms with van der Waals surface area (Å²) in [6, 6.07) is 0. The molecule has 1 aliphatic carbocycles. The van der Waals surface area contributed by atoms with Gasteiger partial charge in [-0.15, -0.1) is 11.3 Å². The van der Waals surface area contributed by atoms with Crippen molar-refractivity contribution >= 4 is 27.4 Å². The van der Waals surface area contributed by atoms with Crippen molar-refractivity contribution in [2.24, 2.45) is 0 Å². The summed E-state index contributed by atoms with van der Waals surface area (Å²) in [7, 11) is 0. The zero-order valence-electron chi connectivity index (χ0n) is 14.9. The molecule has 0 spiro atoms. The lowest BCUT2D eigenvalue weighted by Gasteiger charge is -2.35. The zero-order chi connectivity index (χ0) is 17.5. The molecule has 1 saturated heterocycles. The number of hydrogen-bond acceptors (Lipinski definition) is 8. The second-order valence-corrected chi connectivity index (χ2v) is 8.16. The van der Waals surface area contributed by atoms with E-state index in [1.54, 1.807) is 6.33 Å². The lowest BCUT2D eigenvalue weighted by Crippen LogP contribution is -2.46. The minimum atomic E-state index is 0.629. The van der Waals surface area contributed by atoms with Crippen molar-refractivity contribution in [2.45, 2.75) is 39.2 Å². The summed E-state index contributed by atoms with van der Waals surface area (Å²) in [5, 5.41) is 5.32. The lowest BCUT2D eigenvalue weighted by atomic mass is 9.97. The molecule has 5 rings (SSSR count). The lowest BCUT2D eigenvalue weighted by molar-refractivity contribution is 0.239. The van der Waals surface area contributed by atoms with Crippen molar-refractivity contribution in [2.75, 3.05) is 31.1 Å². The summed E-state index contributed by atoms with van der Waals surface area (Å²) < 4.78 is 5.07. The summed E-state index contributed by atoms with van der Waals surface area (Å²) in [4.78, 5) is 21.0. The molecule has 0 unspecified atom stereocenters. The molecular formula is C18H22N6OS. The number of piperazine rings is 1. The quantitative estimate of drug-likeness (QED) is 0.702. The first-order valence-electron chi connectivity index (χ1n) is 9.29. The molecule has 0 radical (unpaired) electrons. The molecule has 0 atom stereocenters. The predicted molar refractivity (Wildman–Crippen MR) is 101 cm³/mol. The van der Waals surface area contributed by atoms with E-state index in [4.69, 9.17) is 4.52 Å². The minimum absolute atomic E-state index is 0.629. The Kier molecular flexibility index (Phi) is 4.09. The van der Waals surface area contributed by atoms with Crippen LogP contribution in [0.3, 0.4) is 0 Å². The number of nitrogens with zero attached hydrogens (tertiary/aromatic N) is 6. The van der Waals surface area contributed by atoms with Gasteiger partial charge >= 0.3 is 0 Å². The van der Waals surface area contributed by atoms with E-state index in [1.807, 2.05) is 18.3 Å². The predicted octanol–water partition coefficient (Wildman–Crippen LogP) is 2.58. The van der Waals surface area contributed by atoms with Crippen molar-refractivity contribution in [3.05, 3.63) is 28.5 Å². The van der Waals surface area contributed by atoms with Crippen molar-refractivity contribution in [1.29, 1.82) is 0 Å². The number of aryl methyl sites for hydroxylation is 3. The number of rotatable bonds is 3. The minimum Gasteiger partial charge on any atom is -0.353 e. The first kappa shape index (κ1) is 16.1. The van der Waals surface area contributed by atoms with Gasteiger partial charge < -0.3 is 9.42 Å². The van der Waals surface area contributed by atoms with Gasteiger partial charge in [0.25, 0.3) is 0 Å². The van der Waals surface area contributed by atoms with Crippen LogP contribution in [0.4, 0.5) is 5.82 Å². The van der Waals surface area contributed by atoms with Gasteiger partial charge in [0.2, 0.25) is 5.89 Å². The van der Waals surface area contributed by atoms with Crippen LogP contribution in [-0.4, -0.2) is 51.2 Å². The fraction of sp³-hybridized carbons (Fsp3) is 0.556. The van der Waals surface area contributed by atoms with E-state index >= 15 is 0 Å². The number of hydrogen-bond donors (Lipinski definition) is 0. The van der Waals surface area contributed by atoms with Crippen molar-refractivity contribution in [3.63, 3.8) is 0 Å². The molecule has 0 bridgehead atoms. The number of thiophene rings is 1. The molecule has 0 N–H and O–H groups in total. The molecule has 0 saturated carbocycles. The molecular weight excluding hydrogens is 348 g/mol. The van der Waals surface area contributed by atoms with Crippen LogP contribution in [0.5, 0.6) is 0 Å². The fourth-order valence-electron chi connectivity index (χ4n) is 4.04. The summed E-state index contributed by atoms with van der Waals surface area (Å²) in [6.45, 7) is 6.46. The molecule has 3 aromatic heterocycles. The Hall–Kier alpha value is -2.06. The second-order valence-electron chi connectivity index (χ2n) is 7.08. The Labute approximate surface area is 156 Å². The highest BCUT2D eigenvalue weighted by Crippen LogP contribution is 2.39. The molecule has 1 fully saturated rings. The van der Waals surface area contributed by atoms with Gasteiger partial charge in [-0.1, -0.05) is 5.16 Å². The number of fused-ring (bicyclic) bond motifs is 3. The van der Waals surface area contributed by atoms with E-state index in [2.05, 4.69) is 29.9 Å². The smallest absolute Gasteiger partial charge is 0.223 e. The average Bonchev–Trinajstić information content (AvgIpc) is 3.25. The number of aromatic nitrogens is 4. The molecule has 1 aliphatic heterocycles. The van der Waals surface area contributed by atoms with Gasteiger partial charge in [0.05, 0.1) is 11.9 Å². The van der Waals surface area contributed by atoms with E-state index in [0.29, 0.717) is 5.89 Å². The van der Waals surface area contributed by atoms with Gasteiger partial charge in [-0.2, -0.15) is 4.98 Å². The standard InChI is InChI=1S/C18H22N6OS/c1-12-21-15(22-25-12)10-23-6-8-24(9-7-23)17-16-13-4-2-3-5-14(13)26-18(16)20-11-19-17/h11H,2-10H2,1H3. The van der Waals surface area contributed by atoms with Crippen LogP contribution in [0.25, 0.3) is 10.2 Å². The average molecular weight is 370 g/mol. The van der Waals surface area contributed by atoms with E-state index in [1.165, 1.54) is 41.5 Å². The van der Waals surface area contributed by atoms with Crippen LogP contribution < -0.4 is 4.90 Å². The highest BCUT2D eigenvalue weighted by atomic mass is 32.1.